The second-order valence-corrected chi connectivity index (χ2v) is 11.3. The van der Waals surface area contributed by atoms with Crippen LogP contribution in [0.1, 0.15) is 66.9 Å². The molecule has 2 aliphatic rings. The molecule has 0 radical (unpaired) electrons. The molecule has 0 saturated carbocycles. The van der Waals surface area contributed by atoms with Crippen molar-refractivity contribution in [2.75, 3.05) is 50.2 Å². The first-order valence-electron chi connectivity index (χ1n) is 13.0. The van der Waals surface area contributed by atoms with Crippen molar-refractivity contribution >= 4 is 34.0 Å². The predicted octanol–water partition coefficient (Wildman–Crippen LogP) is 3.76. The van der Waals surface area contributed by atoms with Crippen LogP contribution in [0.5, 0.6) is 0 Å². The molecular weight excluding hydrogens is 490 g/mol. The summed E-state index contributed by atoms with van der Waals surface area (Å²) in [4.78, 5) is 35.4. The Morgan fingerprint density at radius 2 is 2.11 bits per heavy atom. The van der Waals surface area contributed by atoms with Crippen molar-refractivity contribution in [3.63, 3.8) is 0 Å². The third-order valence-electron chi connectivity index (χ3n) is 7.23. The Morgan fingerprint density at radius 1 is 1.30 bits per heavy atom. The van der Waals surface area contributed by atoms with Gasteiger partial charge in [-0.2, -0.15) is 0 Å². The molecule has 37 heavy (non-hydrogen) atoms. The molecule has 1 aromatic heterocycles. The quantitative estimate of drug-likeness (QED) is 0.511. The highest BCUT2D eigenvalue weighted by atomic mass is 32.1. The molecule has 2 atom stereocenters. The standard InChI is InChI=1S/C27H39N5O4S/c1-6-18(2)28-24(33)21-13-19(14-32-11-12-36-17-27(32,3)4)7-8-22(21)29-25(34)23-16-37-26(30-23)31-10-9-20(15-31)35-5/h7-8,13,16,18,20H,6,9-12,14-15,17H2,1-5H3,(H,28,33)(H,29,34)/t18-,20-/m0/s1. The number of methoxy groups -OCH3 is 1. The lowest BCUT2D eigenvalue weighted by Crippen LogP contribution is -2.52. The third kappa shape index (κ3) is 6.67. The van der Waals surface area contributed by atoms with Gasteiger partial charge < -0.3 is 25.0 Å². The number of hydrogen-bond donors (Lipinski definition) is 2. The van der Waals surface area contributed by atoms with E-state index in [1.807, 2.05) is 32.0 Å². The average molecular weight is 530 g/mol. The van der Waals surface area contributed by atoms with Gasteiger partial charge in [-0.1, -0.05) is 13.0 Å². The van der Waals surface area contributed by atoms with Crippen molar-refractivity contribution in [1.82, 2.24) is 15.2 Å². The number of hydrogen-bond acceptors (Lipinski definition) is 8. The van der Waals surface area contributed by atoms with Gasteiger partial charge in [0.15, 0.2) is 5.13 Å². The number of carbonyl (C=O) groups is 2. The molecule has 0 aliphatic carbocycles. The molecule has 2 fully saturated rings. The maximum atomic E-state index is 13.2. The van der Waals surface area contributed by atoms with Crippen molar-refractivity contribution in [3.8, 4) is 0 Å². The van der Waals surface area contributed by atoms with Crippen LogP contribution >= 0.6 is 11.3 Å². The summed E-state index contributed by atoms with van der Waals surface area (Å²) in [5.41, 5.74) is 2.19. The third-order valence-corrected chi connectivity index (χ3v) is 8.13. The van der Waals surface area contributed by atoms with Crippen LogP contribution in [0, 0.1) is 0 Å². The van der Waals surface area contributed by atoms with Gasteiger partial charge in [0.1, 0.15) is 5.69 Å². The molecule has 2 N–H and O–H groups in total. The van der Waals surface area contributed by atoms with E-state index >= 15 is 0 Å². The molecule has 0 bridgehead atoms. The zero-order valence-electron chi connectivity index (χ0n) is 22.5. The smallest absolute Gasteiger partial charge is 0.275 e. The number of anilines is 2. The number of carbonyl (C=O) groups excluding carboxylic acids is 2. The van der Waals surface area contributed by atoms with Gasteiger partial charge in [0.25, 0.3) is 11.8 Å². The lowest BCUT2D eigenvalue weighted by Gasteiger charge is -2.42. The first-order chi connectivity index (χ1) is 17.7. The van der Waals surface area contributed by atoms with Crippen LogP contribution in [0.15, 0.2) is 23.6 Å². The lowest BCUT2D eigenvalue weighted by molar-refractivity contribution is -0.0552. The molecule has 10 heteroatoms. The Bertz CT molecular complexity index is 1100. The molecule has 0 unspecified atom stereocenters. The zero-order chi connectivity index (χ0) is 26.6. The SMILES string of the molecule is CC[C@H](C)NC(=O)c1cc(CN2CCOCC2(C)C)ccc1NC(=O)c1csc(N2CC[C@H](OC)C2)n1. The minimum Gasteiger partial charge on any atom is -0.380 e. The van der Waals surface area contributed by atoms with Crippen molar-refractivity contribution in [2.45, 2.75) is 64.8 Å². The molecule has 0 spiro atoms. The number of nitrogens with one attached hydrogen (secondary N) is 2. The number of nitrogens with zero attached hydrogens (tertiary/aromatic N) is 3. The number of rotatable bonds is 9. The van der Waals surface area contributed by atoms with Crippen molar-refractivity contribution in [2.24, 2.45) is 0 Å². The van der Waals surface area contributed by atoms with E-state index in [4.69, 9.17) is 9.47 Å². The van der Waals surface area contributed by atoms with Crippen molar-refractivity contribution in [3.05, 3.63) is 40.4 Å². The van der Waals surface area contributed by atoms with Gasteiger partial charge in [-0.25, -0.2) is 4.98 Å². The predicted molar refractivity (Wildman–Crippen MR) is 147 cm³/mol. The van der Waals surface area contributed by atoms with Gasteiger partial charge in [0.2, 0.25) is 0 Å². The molecular formula is C27H39N5O4S. The second kappa shape index (κ2) is 11.9. The fourth-order valence-corrected chi connectivity index (χ4v) is 5.43. The van der Waals surface area contributed by atoms with E-state index in [0.29, 0.717) is 36.7 Å². The molecule has 2 amide bonds. The number of aromatic nitrogens is 1. The summed E-state index contributed by atoms with van der Waals surface area (Å²) in [5.74, 6) is -0.529. The summed E-state index contributed by atoms with van der Waals surface area (Å²) in [6.07, 6.45) is 1.95. The molecule has 2 aliphatic heterocycles. The van der Waals surface area contributed by atoms with Crippen LogP contribution < -0.4 is 15.5 Å². The highest BCUT2D eigenvalue weighted by Crippen LogP contribution is 2.27. The van der Waals surface area contributed by atoms with E-state index in [1.165, 1.54) is 11.3 Å². The summed E-state index contributed by atoms with van der Waals surface area (Å²) in [7, 11) is 1.72. The molecule has 202 valence electrons. The lowest BCUT2D eigenvalue weighted by atomic mass is 10.00. The summed E-state index contributed by atoms with van der Waals surface area (Å²) in [5, 5.41) is 8.55. The van der Waals surface area contributed by atoms with E-state index in [2.05, 4.69) is 39.3 Å². The first kappa shape index (κ1) is 27.5. The monoisotopic (exact) mass is 529 g/mol. The van der Waals surface area contributed by atoms with E-state index in [0.717, 1.165) is 43.2 Å². The maximum absolute atomic E-state index is 13.2. The van der Waals surface area contributed by atoms with Crippen LogP contribution in [0.25, 0.3) is 0 Å². The van der Waals surface area contributed by atoms with Gasteiger partial charge in [-0.05, 0) is 51.3 Å². The molecule has 2 saturated heterocycles. The van der Waals surface area contributed by atoms with Crippen LogP contribution in [0.3, 0.4) is 0 Å². The van der Waals surface area contributed by atoms with E-state index < -0.39 is 0 Å². The van der Waals surface area contributed by atoms with E-state index in [1.54, 1.807) is 12.5 Å². The first-order valence-corrected chi connectivity index (χ1v) is 13.9. The minimum absolute atomic E-state index is 0.0235. The normalized spacial score (nSPS) is 20.6. The van der Waals surface area contributed by atoms with Crippen LogP contribution in [-0.2, 0) is 16.0 Å². The van der Waals surface area contributed by atoms with Crippen LogP contribution in [-0.4, -0.2) is 79.3 Å². The number of ether oxygens (including phenoxy) is 2. The summed E-state index contributed by atoms with van der Waals surface area (Å²) in [6.45, 7) is 12.8. The molecule has 3 heterocycles. The number of thiazole rings is 1. The van der Waals surface area contributed by atoms with Crippen molar-refractivity contribution in [1.29, 1.82) is 0 Å². The summed E-state index contributed by atoms with van der Waals surface area (Å²) >= 11 is 1.45. The fourth-order valence-electron chi connectivity index (χ4n) is 4.59. The molecule has 4 rings (SSSR count). The second-order valence-electron chi connectivity index (χ2n) is 10.5. The number of benzene rings is 1. The molecule has 1 aromatic carbocycles. The van der Waals surface area contributed by atoms with Crippen molar-refractivity contribution < 1.29 is 19.1 Å². The average Bonchev–Trinajstić information content (AvgIpc) is 3.56. The van der Waals surface area contributed by atoms with E-state index in [-0.39, 0.29) is 29.5 Å². The van der Waals surface area contributed by atoms with Gasteiger partial charge in [0, 0.05) is 50.2 Å². The highest BCUT2D eigenvalue weighted by Gasteiger charge is 2.31. The van der Waals surface area contributed by atoms with Gasteiger partial charge >= 0.3 is 0 Å². The Balaban J connectivity index is 1.53. The number of amides is 2. The Morgan fingerprint density at radius 3 is 2.81 bits per heavy atom. The fraction of sp³-hybridized carbons (Fsp3) is 0.593. The molecule has 9 nitrogen and oxygen atoms in total. The highest BCUT2D eigenvalue weighted by molar-refractivity contribution is 7.14. The Labute approximate surface area is 223 Å². The van der Waals surface area contributed by atoms with E-state index in [9.17, 15) is 9.59 Å². The van der Waals surface area contributed by atoms with Crippen LogP contribution in [0.4, 0.5) is 10.8 Å². The Hall–Kier alpha value is -2.53. The maximum Gasteiger partial charge on any atom is 0.275 e. The van der Waals surface area contributed by atoms with Gasteiger partial charge in [-0.3, -0.25) is 14.5 Å². The van der Waals surface area contributed by atoms with Gasteiger partial charge in [-0.15, -0.1) is 11.3 Å². The topological polar surface area (TPSA) is 96.0 Å². The zero-order valence-corrected chi connectivity index (χ0v) is 23.3. The number of morpholine rings is 1. The van der Waals surface area contributed by atoms with Crippen LogP contribution in [0.2, 0.25) is 0 Å². The van der Waals surface area contributed by atoms with Gasteiger partial charge in [0.05, 0.1) is 30.6 Å². The summed E-state index contributed by atoms with van der Waals surface area (Å²) < 4.78 is 11.1. The summed E-state index contributed by atoms with van der Waals surface area (Å²) in [6, 6.07) is 5.71. The largest absolute Gasteiger partial charge is 0.380 e. The Kier molecular flexibility index (Phi) is 8.84. The molecule has 2 aromatic rings. The minimum atomic E-state index is -0.329.